The van der Waals surface area contributed by atoms with E-state index in [2.05, 4.69) is 21.0 Å². The zero-order valence-corrected chi connectivity index (χ0v) is 14.4. The molecular weight excluding hydrogens is 332 g/mol. The van der Waals surface area contributed by atoms with Gasteiger partial charge in [-0.1, -0.05) is 6.07 Å². The van der Waals surface area contributed by atoms with E-state index in [1.807, 2.05) is 43.8 Å². The van der Waals surface area contributed by atoms with Gasteiger partial charge in [-0.25, -0.2) is 0 Å². The molecule has 4 nitrogen and oxygen atoms in total. The summed E-state index contributed by atoms with van der Waals surface area (Å²) in [6.45, 7) is 4.02. The summed E-state index contributed by atoms with van der Waals surface area (Å²) in [5, 5.41) is 14.7. The van der Waals surface area contributed by atoms with Gasteiger partial charge in [0.2, 0.25) is 0 Å². The second kappa shape index (κ2) is 6.62. The number of nitrogens with zero attached hydrogens (tertiary/aromatic N) is 2. The van der Waals surface area contributed by atoms with Gasteiger partial charge in [0.1, 0.15) is 5.75 Å². The molecule has 0 amide bonds. The monoisotopic (exact) mass is 352 g/mol. The second-order valence-electron chi connectivity index (χ2n) is 5.30. The highest BCUT2D eigenvalue weighted by Crippen LogP contribution is 2.26. The number of methoxy groups -OCH3 is 1. The van der Waals surface area contributed by atoms with Crippen molar-refractivity contribution in [2.24, 2.45) is 7.05 Å². The van der Waals surface area contributed by atoms with Crippen LogP contribution in [0.1, 0.15) is 22.5 Å². The number of aryl methyl sites for hydroxylation is 2. The quantitative estimate of drug-likeness (QED) is 0.899. The Balaban J connectivity index is 2.08. The number of halogens is 1. The lowest BCUT2D eigenvalue weighted by molar-refractivity contribution is 0.175. The Morgan fingerprint density at radius 2 is 2.05 bits per heavy atom. The Labute approximate surface area is 133 Å². The van der Waals surface area contributed by atoms with Crippen molar-refractivity contribution >= 4 is 15.9 Å². The van der Waals surface area contributed by atoms with Crippen LogP contribution in [0.3, 0.4) is 0 Å². The summed E-state index contributed by atoms with van der Waals surface area (Å²) >= 11 is 3.47. The molecule has 0 spiro atoms. The molecule has 114 valence electrons. The number of aromatic nitrogens is 2. The van der Waals surface area contributed by atoms with Gasteiger partial charge >= 0.3 is 0 Å². The zero-order valence-electron chi connectivity index (χ0n) is 12.9. The number of hydrogen-bond donors (Lipinski definition) is 1. The third kappa shape index (κ3) is 3.66. The van der Waals surface area contributed by atoms with Gasteiger partial charge < -0.3 is 9.84 Å². The van der Waals surface area contributed by atoms with Crippen molar-refractivity contribution in [3.63, 3.8) is 0 Å². The summed E-state index contributed by atoms with van der Waals surface area (Å²) in [6.07, 6.45) is 0.804. The molecule has 0 radical (unpaired) electrons. The SMILES string of the molecule is COc1ccc(CC(O)Cc2c(C)nn(C)c2C)cc1Br. The molecule has 1 heterocycles. The van der Waals surface area contributed by atoms with Gasteiger partial charge in [0.25, 0.3) is 0 Å². The van der Waals surface area contributed by atoms with E-state index in [9.17, 15) is 5.11 Å². The van der Waals surface area contributed by atoms with Gasteiger partial charge in [-0.05, 0) is 59.5 Å². The number of aliphatic hydroxyl groups is 1. The molecule has 0 bridgehead atoms. The van der Waals surface area contributed by atoms with Crippen molar-refractivity contribution in [3.8, 4) is 5.75 Å². The molecule has 0 aliphatic carbocycles. The summed E-state index contributed by atoms with van der Waals surface area (Å²) in [6, 6.07) is 5.88. The average molecular weight is 353 g/mol. The second-order valence-corrected chi connectivity index (χ2v) is 6.16. The highest BCUT2D eigenvalue weighted by molar-refractivity contribution is 9.10. The molecule has 5 heteroatoms. The van der Waals surface area contributed by atoms with Crippen LogP contribution in [-0.4, -0.2) is 28.1 Å². The Morgan fingerprint density at radius 1 is 1.33 bits per heavy atom. The van der Waals surface area contributed by atoms with Crippen LogP contribution in [-0.2, 0) is 19.9 Å². The number of rotatable bonds is 5. The molecule has 0 aliphatic heterocycles. The molecule has 21 heavy (non-hydrogen) atoms. The molecule has 1 aromatic carbocycles. The molecule has 0 saturated carbocycles. The Hall–Kier alpha value is -1.33. The highest BCUT2D eigenvalue weighted by atomic mass is 79.9. The molecule has 1 aromatic heterocycles. The maximum Gasteiger partial charge on any atom is 0.133 e. The van der Waals surface area contributed by atoms with Crippen LogP contribution in [0.2, 0.25) is 0 Å². The first kappa shape index (κ1) is 16.0. The molecule has 1 unspecified atom stereocenters. The van der Waals surface area contributed by atoms with Crippen LogP contribution in [0.15, 0.2) is 22.7 Å². The lowest BCUT2D eigenvalue weighted by Crippen LogP contribution is -2.15. The first-order chi connectivity index (χ1) is 9.92. The fraction of sp³-hybridized carbons (Fsp3) is 0.438. The molecule has 0 aliphatic rings. The van der Waals surface area contributed by atoms with E-state index in [-0.39, 0.29) is 0 Å². The number of aliphatic hydroxyl groups excluding tert-OH is 1. The van der Waals surface area contributed by atoms with Crippen LogP contribution in [0.25, 0.3) is 0 Å². The maximum absolute atomic E-state index is 10.3. The number of hydrogen-bond acceptors (Lipinski definition) is 3. The molecule has 1 N–H and O–H groups in total. The molecule has 1 atom stereocenters. The van der Waals surface area contributed by atoms with Gasteiger partial charge in [0.05, 0.1) is 23.4 Å². The maximum atomic E-state index is 10.3. The van der Waals surface area contributed by atoms with Crippen molar-refractivity contribution in [1.82, 2.24) is 9.78 Å². The highest BCUT2D eigenvalue weighted by Gasteiger charge is 2.15. The molecule has 0 saturated heterocycles. The average Bonchev–Trinajstić information content (AvgIpc) is 2.65. The Bertz CT molecular complexity index is 637. The van der Waals surface area contributed by atoms with Gasteiger partial charge in [0, 0.05) is 19.2 Å². The van der Waals surface area contributed by atoms with Crippen LogP contribution < -0.4 is 4.74 Å². The van der Waals surface area contributed by atoms with Gasteiger partial charge in [0.15, 0.2) is 0 Å². The van der Waals surface area contributed by atoms with Gasteiger partial charge in [-0.3, -0.25) is 4.68 Å². The van der Waals surface area contributed by atoms with Crippen LogP contribution in [0.5, 0.6) is 5.75 Å². The van der Waals surface area contributed by atoms with E-state index in [1.54, 1.807) is 7.11 Å². The van der Waals surface area contributed by atoms with Crippen molar-refractivity contribution in [3.05, 3.63) is 45.2 Å². The van der Waals surface area contributed by atoms with E-state index in [0.717, 1.165) is 32.7 Å². The Morgan fingerprint density at radius 3 is 2.57 bits per heavy atom. The predicted molar refractivity (Wildman–Crippen MR) is 86.8 cm³/mol. The van der Waals surface area contributed by atoms with E-state index in [1.165, 1.54) is 0 Å². The number of benzene rings is 1. The third-order valence-corrected chi connectivity index (χ3v) is 4.41. The van der Waals surface area contributed by atoms with Crippen molar-refractivity contribution in [1.29, 1.82) is 0 Å². The minimum absolute atomic E-state index is 0.424. The fourth-order valence-corrected chi connectivity index (χ4v) is 3.12. The zero-order chi connectivity index (χ0) is 15.6. The summed E-state index contributed by atoms with van der Waals surface area (Å²) in [4.78, 5) is 0. The predicted octanol–water partition coefficient (Wildman–Crippen LogP) is 2.95. The third-order valence-electron chi connectivity index (χ3n) is 3.79. The normalized spacial score (nSPS) is 12.5. The smallest absolute Gasteiger partial charge is 0.133 e. The van der Waals surface area contributed by atoms with E-state index < -0.39 is 6.10 Å². The molecule has 2 aromatic rings. The summed E-state index contributed by atoms with van der Waals surface area (Å²) in [5.74, 6) is 0.798. The first-order valence-corrected chi connectivity index (χ1v) is 7.71. The Kier molecular flexibility index (Phi) is 5.06. The first-order valence-electron chi connectivity index (χ1n) is 6.92. The van der Waals surface area contributed by atoms with Gasteiger partial charge in [-0.2, -0.15) is 5.10 Å². The summed E-state index contributed by atoms with van der Waals surface area (Å²) in [5.41, 5.74) is 4.32. The summed E-state index contributed by atoms with van der Waals surface area (Å²) < 4.78 is 7.98. The lowest BCUT2D eigenvalue weighted by atomic mass is 10.00. The fourth-order valence-electron chi connectivity index (χ4n) is 2.53. The molecule has 0 fully saturated rings. The van der Waals surface area contributed by atoms with Crippen LogP contribution in [0.4, 0.5) is 0 Å². The van der Waals surface area contributed by atoms with E-state index in [4.69, 9.17) is 4.74 Å². The minimum Gasteiger partial charge on any atom is -0.496 e. The topological polar surface area (TPSA) is 47.3 Å². The van der Waals surface area contributed by atoms with Crippen molar-refractivity contribution in [2.75, 3.05) is 7.11 Å². The standard InChI is InChI=1S/C16H21BrN2O2/c1-10-14(11(2)19(3)18-10)9-13(20)7-12-5-6-16(21-4)15(17)8-12/h5-6,8,13,20H,7,9H2,1-4H3. The lowest BCUT2D eigenvalue weighted by Gasteiger charge is -2.12. The van der Waals surface area contributed by atoms with E-state index in [0.29, 0.717) is 12.8 Å². The largest absolute Gasteiger partial charge is 0.496 e. The number of ether oxygens (including phenoxy) is 1. The van der Waals surface area contributed by atoms with Crippen molar-refractivity contribution in [2.45, 2.75) is 32.8 Å². The van der Waals surface area contributed by atoms with Crippen LogP contribution in [0, 0.1) is 13.8 Å². The molecular formula is C16H21BrN2O2. The van der Waals surface area contributed by atoms with E-state index >= 15 is 0 Å². The summed E-state index contributed by atoms with van der Waals surface area (Å²) in [7, 11) is 3.57. The van der Waals surface area contributed by atoms with Gasteiger partial charge in [-0.15, -0.1) is 0 Å². The molecule has 2 rings (SSSR count). The van der Waals surface area contributed by atoms with Crippen molar-refractivity contribution < 1.29 is 9.84 Å². The minimum atomic E-state index is -0.424. The van der Waals surface area contributed by atoms with Crippen LogP contribution >= 0.6 is 15.9 Å².